The van der Waals surface area contributed by atoms with Crippen molar-refractivity contribution in [3.63, 3.8) is 0 Å². The fraction of sp³-hybridized carbons (Fsp3) is 1.00. The molecule has 0 amide bonds. The van der Waals surface area contributed by atoms with E-state index in [1.165, 1.54) is 19.5 Å². The largest absolute Gasteiger partial charge is 0.330 e. The Bertz CT molecular complexity index is 77.0. The minimum absolute atomic E-state index is 0.708. The van der Waals surface area contributed by atoms with Gasteiger partial charge in [-0.05, 0) is 37.9 Å². The quantitative estimate of drug-likeness (QED) is 0.557. The van der Waals surface area contributed by atoms with Gasteiger partial charge >= 0.3 is 0 Å². The highest BCUT2D eigenvalue weighted by atomic mass is 14.9. The molecule has 54 valence electrons. The van der Waals surface area contributed by atoms with Crippen LogP contribution < -0.4 is 11.1 Å². The molecule has 0 bridgehead atoms. The summed E-state index contributed by atoms with van der Waals surface area (Å²) >= 11 is 0. The molecular formula is C7H16N2. The third-order valence-electron chi connectivity index (χ3n) is 2.27. The van der Waals surface area contributed by atoms with Crippen molar-refractivity contribution in [2.75, 3.05) is 19.6 Å². The summed E-state index contributed by atoms with van der Waals surface area (Å²) in [5, 5.41) is 3.33. The monoisotopic (exact) mass is 128 g/mol. The highest BCUT2D eigenvalue weighted by molar-refractivity contribution is 4.75. The van der Waals surface area contributed by atoms with E-state index in [0.717, 1.165) is 12.5 Å². The maximum atomic E-state index is 5.52. The van der Waals surface area contributed by atoms with E-state index in [4.69, 9.17) is 5.73 Å². The van der Waals surface area contributed by atoms with Crippen LogP contribution in [0.5, 0.6) is 0 Å². The minimum atomic E-state index is 0.708. The van der Waals surface area contributed by atoms with Gasteiger partial charge in [0, 0.05) is 0 Å². The van der Waals surface area contributed by atoms with Crippen LogP contribution in [-0.2, 0) is 0 Å². The van der Waals surface area contributed by atoms with Gasteiger partial charge in [0.15, 0.2) is 0 Å². The summed E-state index contributed by atoms with van der Waals surface area (Å²) in [6.07, 6.45) is 1.32. The topological polar surface area (TPSA) is 38.0 Å². The number of hydrogen-bond donors (Lipinski definition) is 2. The second-order valence-electron chi connectivity index (χ2n) is 2.97. The van der Waals surface area contributed by atoms with Gasteiger partial charge in [0.05, 0.1) is 0 Å². The first-order valence-electron chi connectivity index (χ1n) is 3.75. The van der Waals surface area contributed by atoms with Crippen molar-refractivity contribution in [2.24, 2.45) is 17.6 Å². The highest BCUT2D eigenvalue weighted by Crippen LogP contribution is 2.16. The lowest BCUT2D eigenvalue weighted by molar-refractivity contribution is 0.396. The zero-order chi connectivity index (χ0) is 6.69. The van der Waals surface area contributed by atoms with E-state index >= 15 is 0 Å². The smallest absolute Gasteiger partial charge is 0.00170 e. The highest BCUT2D eigenvalue weighted by Gasteiger charge is 2.19. The summed E-state index contributed by atoms with van der Waals surface area (Å²) in [6.45, 7) is 5.44. The first-order valence-corrected chi connectivity index (χ1v) is 3.75. The Balaban J connectivity index is 2.24. The van der Waals surface area contributed by atoms with Gasteiger partial charge in [-0.2, -0.15) is 0 Å². The van der Waals surface area contributed by atoms with Gasteiger partial charge in [0.25, 0.3) is 0 Å². The molecule has 1 saturated heterocycles. The van der Waals surface area contributed by atoms with E-state index in [2.05, 4.69) is 12.2 Å². The van der Waals surface area contributed by atoms with Crippen molar-refractivity contribution in [3.8, 4) is 0 Å². The molecule has 9 heavy (non-hydrogen) atoms. The van der Waals surface area contributed by atoms with Crippen molar-refractivity contribution in [3.05, 3.63) is 0 Å². The van der Waals surface area contributed by atoms with E-state index < -0.39 is 0 Å². The molecule has 0 spiro atoms. The Labute approximate surface area is 56.8 Å². The maximum absolute atomic E-state index is 5.52. The average molecular weight is 128 g/mol. The van der Waals surface area contributed by atoms with Crippen LogP contribution in [0.1, 0.15) is 13.3 Å². The molecule has 2 unspecified atom stereocenters. The second kappa shape index (κ2) is 3.18. The summed E-state index contributed by atoms with van der Waals surface area (Å²) in [5.74, 6) is 1.55. The lowest BCUT2D eigenvalue weighted by Crippen LogP contribution is -2.22. The van der Waals surface area contributed by atoms with Gasteiger partial charge in [0.2, 0.25) is 0 Å². The zero-order valence-corrected chi connectivity index (χ0v) is 6.06. The third-order valence-corrected chi connectivity index (χ3v) is 2.27. The van der Waals surface area contributed by atoms with E-state index in [9.17, 15) is 0 Å². The van der Waals surface area contributed by atoms with Crippen LogP contribution in [-0.4, -0.2) is 19.6 Å². The zero-order valence-electron chi connectivity index (χ0n) is 6.06. The van der Waals surface area contributed by atoms with Gasteiger partial charge < -0.3 is 11.1 Å². The molecule has 2 atom stereocenters. The number of hydrogen-bond acceptors (Lipinski definition) is 2. The molecule has 1 aliphatic rings. The molecule has 3 N–H and O–H groups in total. The molecule has 1 fully saturated rings. The molecule has 1 heterocycles. The Morgan fingerprint density at radius 1 is 1.78 bits per heavy atom. The fourth-order valence-electron chi connectivity index (χ4n) is 1.36. The summed E-state index contributed by atoms with van der Waals surface area (Å²) in [4.78, 5) is 0. The summed E-state index contributed by atoms with van der Waals surface area (Å²) in [7, 11) is 0. The standard InChI is InChI=1S/C7H16N2/c1-6(4-8)7-2-3-9-5-7/h6-7,9H,2-5,8H2,1H3. The lowest BCUT2D eigenvalue weighted by atomic mass is 9.94. The Hall–Kier alpha value is -0.0800. The number of nitrogens with two attached hydrogens (primary N) is 1. The molecule has 2 heteroatoms. The van der Waals surface area contributed by atoms with Crippen molar-refractivity contribution in [2.45, 2.75) is 13.3 Å². The van der Waals surface area contributed by atoms with Gasteiger partial charge in [-0.3, -0.25) is 0 Å². The molecule has 0 saturated carbocycles. The van der Waals surface area contributed by atoms with Gasteiger partial charge in [-0.25, -0.2) is 0 Å². The van der Waals surface area contributed by atoms with Crippen LogP contribution in [0.4, 0.5) is 0 Å². The second-order valence-corrected chi connectivity index (χ2v) is 2.97. The molecule has 0 radical (unpaired) electrons. The summed E-state index contributed by atoms with van der Waals surface area (Å²) in [5.41, 5.74) is 5.52. The number of rotatable bonds is 2. The average Bonchev–Trinajstić information content (AvgIpc) is 2.37. The van der Waals surface area contributed by atoms with Crippen LogP contribution in [0.2, 0.25) is 0 Å². The Morgan fingerprint density at radius 3 is 3.00 bits per heavy atom. The lowest BCUT2D eigenvalue weighted by Gasteiger charge is -2.14. The van der Waals surface area contributed by atoms with Gasteiger partial charge in [-0.15, -0.1) is 0 Å². The van der Waals surface area contributed by atoms with Crippen LogP contribution in [0.3, 0.4) is 0 Å². The van der Waals surface area contributed by atoms with Crippen molar-refractivity contribution < 1.29 is 0 Å². The van der Waals surface area contributed by atoms with E-state index in [-0.39, 0.29) is 0 Å². The van der Waals surface area contributed by atoms with E-state index in [1.807, 2.05) is 0 Å². The predicted molar refractivity (Wildman–Crippen MR) is 39.2 cm³/mol. The van der Waals surface area contributed by atoms with Gasteiger partial charge in [0.1, 0.15) is 0 Å². The predicted octanol–water partition coefficient (Wildman–Crippen LogP) is 0.191. The summed E-state index contributed by atoms with van der Waals surface area (Å²) < 4.78 is 0. The van der Waals surface area contributed by atoms with E-state index in [1.54, 1.807) is 0 Å². The van der Waals surface area contributed by atoms with Gasteiger partial charge in [-0.1, -0.05) is 6.92 Å². The molecule has 0 aliphatic carbocycles. The minimum Gasteiger partial charge on any atom is -0.330 e. The Kier molecular flexibility index (Phi) is 2.49. The molecular weight excluding hydrogens is 112 g/mol. The first kappa shape index (κ1) is 7.03. The number of nitrogens with one attached hydrogen (secondary N) is 1. The van der Waals surface area contributed by atoms with Crippen LogP contribution in [0.25, 0.3) is 0 Å². The fourth-order valence-corrected chi connectivity index (χ4v) is 1.36. The summed E-state index contributed by atoms with van der Waals surface area (Å²) in [6, 6.07) is 0. The molecule has 0 aromatic rings. The van der Waals surface area contributed by atoms with E-state index in [0.29, 0.717) is 5.92 Å². The van der Waals surface area contributed by atoms with Crippen LogP contribution in [0.15, 0.2) is 0 Å². The third kappa shape index (κ3) is 1.66. The van der Waals surface area contributed by atoms with Crippen molar-refractivity contribution in [1.82, 2.24) is 5.32 Å². The SMILES string of the molecule is CC(CN)C1CCNC1. The maximum Gasteiger partial charge on any atom is -0.00170 e. The molecule has 2 nitrogen and oxygen atoms in total. The molecule has 0 aromatic heterocycles. The van der Waals surface area contributed by atoms with Crippen molar-refractivity contribution in [1.29, 1.82) is 0 Å². The normalized spacial score (nSPS) is 30.7. The van der Waals surface area contributed by atoms with Crippen molar-refractivity contribution >= 4 is 0 Å². The van der Waals surface area contributed by atoms with Crippen LogP contribution >= 0.6 is 0 Å². The Morgan fingerprint density at radius 2 is 2.56 bits per heavy atom. The molecule has 0 aromatic carbocycles. The first-order chi connectivity index (χ1) is 4.34. The van der Waals surface area contributed by atoms with Crippen LogP contribution in [0, 0.1) is 11.8 Å². The molecule has 1 aliphatic heterocycles. The molecule has 1 rings (SSSR count).